The van der Waals surface area contributed by atoms with Gasteiger partial charge in [-0.15, -0.1) is 6.58 Å². The molecular weight excluding hydrogens is 128 g/mol. The predicted molar refractivity (Wildman–Crippen MR) is 41.7 cm³/mol. The first-order valence-corrected chi connectivity index (χ1v) is 3.63. The van der Waals surface area contributed by atoms with E-state index in [2.05, 4.69) is 6.58 Å². The summed E-state index contributed by atoms with van der Waals surface area (Å²) in [6.45, 7) is 5.22. The Kier molecular flexibility index (Phi) is 5.26. The zero-order valence-electron chi connectivity index (χ0n) is 6.45. The van der Waals surface area contributed by atoms with Gasteiger partial charge in [0.15, 0.2) is 0 Å². The molecule has 0 radical (unpaired) electrons. The van der Waals surface area contributed by atoms with E-state index < -0.39 is 6.10 Å². The van der Waals surface area contributed by atoms with E-state index in [9.17, 15) is 0 Å². The molecule has 0 fully saturated rings. The molecule has 2 heteroatoms. The van der Waals surface area contributed by atoms with Crippen LogP contribution in [-0.4, -0.2) is 22.4 Å². The molecule has 0 bridgehead atoms. The van der Waals surface area contributed by atoms with Gasteiger partial charge in [0.2, 0.25) is 0 Å². The Bertz CT molecular complexity index is 89.3. The van der Waals surface area contributed by atoms with Crippen molar-refractivity contribution in [2.24, 2.45) is 0 Å². The van der Waals surface area contributed by atoms with Gasteiger partial charge in [-0.2, -0.15) is 0 Å². The molecule has 0 aliphatic heterocycles. The summed E-state index contributed by atoms with van der Waals surface area (Å²) in [6.07, 6.45) is 2.97. The third-order valence-corrected chi connectivity index (χ3v) is 1.32. The highest BCUT2D eigenvalue weighted by molar-refractivity contribution is 4.70. The molecule has 0 saturated heterocycles. The zero-order chi connectivity index (χ0) is 7.98. The lowest BCUT2D eigenvalue weighted by Gasteiger charge is -2.10. The van der Waals surface area contributed by atoms with Crippen molar-refractivity contribution in [3.8, 4) is 0 Å². The van der Waals surface area contributed by atoms with Crippen molar-refractivity contribution in [2.75, 3.05) is 0 Å². The normalized spacial score (nSPS) is 16.3. The lowest BCUT2D eigenvalue weighted by atomic mass is 10.1. The maximum Gasteiger partial charge on any atom is 0.0567 e. The number of hydrogen-bond donors (Lipinski definition) is 2. The highest BCUT2D eigenvalue weighted by Gasteiger charge is 2.05. The minimum Gasteiger partial charge on any atom is -0.393 e. The summed E-state index contributed by atoms with van der Waals surface area (Å²) in [6, 6.07) is 0. The minimum absolute atomic E-state index is 0.377. The van der Waals surface area contributed by atoms with Crippen LogP contribution in [0.15, 0.2) is 12.7 Å². The van der Waals surface area contributed by atoms with Crippen LogP contribution in [0.3, 0.4) is 0 Å². The molecule has 0 spiro atoms. The largest absolute Gasteiger partial charge is 0.393 e. The maximum absolute atomic E-state index is 9.14. The Morgan fingerprint density at radius 2 is 2.10 bits per heavy atom. The van der Waals surface area contributed by atoms with Crippen LogP contribution < -0.4 is 0 Å². The van der Waals surface area contributed by atoms with Crippen molar-refractivity contribution in [3.05, 3.63) is 12.7 Å². The Labute approximate surface area is 62.2 Å². The molecule has 0 aliphatic carbocycles. The van der Waals surface area contributed by atoms with Crippen LogP contribution in [0.1, 0.15) is 26.2 Å². The van der Waals surface area contributed by atoms with Gasteiger partial charge >= 0.3 is 0 Å². The van der Waals surface area contributed by atoms with Crippen molar-refractivity contribution >= 4 is 0 Å². The highest BCUT2D eigenvalue weighted by atomic mass is 16.3. The first-order valence-electron chi connectivity index (χ1n) is 3.63. The Morgan fingerprint density at radius 1 is 1.50 bits per heavy atom. The van der Waals surface area contributed by atoms with Crippen LogP contribution in [-0.2, 0) is 0 Å². The maximum atomic E-state index is 9.14. The van der Waals surface area contributed by atoms with Crippen LogP contribution in [0, 0.1) is 0 Å². The molecule has 0 unspecified atom stereocenters. The average molecular weight is 144 g/mol. The fraction of sp³-hybridized carbons (Fsp3) is 0.750. The van der Waals surface area contributed by atoms with Gasteiger partial charge in [-0.1, -0.05) is 6.08 Å². The number of aliphatic hydroxyl groups is 2. The third-order valence-electron chi connectivity index (χ3n) is 1.32. The van der Waals surface area contributed by atoms with Gasteiger partial charge in [0, 0.05) is 0 Å². The summed E-state index contributed by atoms with van der Waals surface area (Å²) in [5.74, 6) is 0. The van der Waals surface area contributed by atoms with Crippen LogP contribution in [0.5, 0.6) is 0 Å². The molecule has 0 amide bonds. The molecule has 0 aromatic heterocycles. The summed E-state index contributed by atoms with van der Waals surface area (Å²) in [4.78, 5) is 0. The Balaban J connectivity index is 3.24. The average Bonchev–Trinajstić information content (AvgIpc) is 1.82. The summed E-state index contributed by atoms with van der Waals surface area (Å²) in [7, 11) is 0. The van der Waals surface area contributed by atoms with E-state index in [1.807, 2.05) is 0 Å². The standard InChI is InChI=1S/C8H16O2/c1-3-4-5-8(10)6-7(2)9/h3,7-10H,1,4-6H2,2H3/t7-,8+/m0/s1. The van der Waals surface area contributed by atoms with Crippen LogP contribution in [0.2, 0.25) is 0 Å². The van der Waals surface area contributed by atoms with E-state index in [-0.39, 0.29) is 6.10 Å². The summed E-state index contributed by atoms with van der Waals surface area (Å²) >= 11 is 0. The van der Waals surface area contributed by atoms with Crippen molar-refractivity contribution in [3.63, 3.8) is 0 Å². The second kappa shape index (κ2) is 5.45. The second-order valence-electron chi connectivity index (χ2n) is 2.60. The SMILES string of the molecule is C=CCC[C@@H](O)C[C@H](C)O. The van der Waals surface area contributed by atoms with Crippen LogP contribution in [0.4, 0.5) is 0 Å². The molecule has 0 aromatic carbocycles. The smallest absolute Gasteiger partial charge is 0.0567 e. The van der Waals surface area contributed by atoms with Crippen molar-refractivity contribution in [1.82, 2.24) is 0 Å². The highest BCUT2D eigenvalue weighted by Crippen LogP contribution is 2.04. The monoisotopic (exact) mass is 144 g/mol. The molecule has 0 saturated carbocycles. The summed E-state index contributed by atoms with van der Waals surface area (Å²) < 4.78 is 0. The van der Waals surface area contributed by atoms with E-state index in [1.54, 1.807) is 13.0 Å². The first-order chi connectivity index (χ1) is 4.66. The van der Waals surface area contributed by atoms with Gasteiger partial charge in [-0.3, -0.25) is 0 Å². The number of allylic oxidation sites excluding steroid dienone is 1. The van der Waals surface area contributed by atoms with Crippen LogP contribution in [0.25, 0.3) is 0 Å². The number of hydrogen-bond acceptors (Lipinski definition) is 2. The molecule has 0 heterocycles. The number of aliphatic hydroxyl groups excluding tert-OH is 2. The lowest BCUT2D eigenvalue weighted by Crippen LogP contribution is -2.14. The number of rotatable bonds is 5. The Hall–Kier alpha value is -0.340. The van der Waals surface area contributed by atoms with Gasteiger partial charge in [-0.25, -0.2) is 0 Å². The third kappa shape index (κ3) is 5.79. The summed E-state index contributed by atoms with van der Waals surface area (Å²) in [5.41, 5.74) is 0. The topological polar surface area (TPSA) is 40.5 Å². The first kappa shape index (κ1) is 9.66. The molecule has 0 aromatic rings. The molecule has 2 nitrogen and oxygen atoms in total. The predicted octanol–water partition coefficient (Wildman–Crippen LogP) is 1.08. The minimum atomic E-state index is -0.403. The fourth-order valence-corrected chi connectivity index (χ4v) is 0.822. The molecule has 2 N–H and O–H groups in total. The van der Waals surface area contributed by atoms with Crippen molar-refractivity contribution < 1.29 is 10.2 Å². The van der Waals surface area contributed by atoms with Gasteiger partial charge in [-0.05, 0) is 26.2 Å². The molecule has 0 aliphatic rings. The van der Waals surface area contributed by atoms with Gasteiger partial charge in [0.25, 0.3) is 0 Å². The van der Waals surface area contributed by atoms with E-state index in [0.717, 1.165) is 6.42 Å². The van der Waals surface area contributed by atoms with Crippen molar-refractivity contribution in [2.45, 2.75) is 38.4 Å². The lowest BCUT2D eigenvalue weighted by molar-refractivity contribution is 0.0859. The van der Waals surface area contributed by atoms with Gasteiger partial charge in [0.05, 0.1) is 12.2 Å². The molecule has 10 heavy (non-hydrogen) atoms. The van der Waals surface area contributed by atoms with Gasteiger partial charge < -0.3 is 10.2 Å². The van der Waals surface area contributed by atoms with Crippen LogP contribution >= 0.6 is 0 Å². The quantitative estimate of drug-likeness (QED) is 0.567. The molecule has 2 atom stereocenters. The van der Waals surface area contributed by atoms with E-state index in [1.165, 1.54) is 0 Å². The van der Waals surface area contributed by atoms with Crippen molar-refractivity contribution in [1.29, 1.82) is 0 Å². The summed E-state index contributed by atoms with van der Waals surface area (Å²) in [5, 5.41) is 18.0. The second-order valence-corrected chi connectivity index (χ2v) is 2.60. The molecule has 0 rings (SSSR count). The molecule has 60 valence electrons. The fourth-order valence-electron chi connectivity index (χ4n) is 0.822. The zero-order valence-corrected chi connectivity index (χ0v) is 6.45. The molecular formula is C8H16O2. The van der Waals surface area contributed by atoms with E-state index in [4.69, 9.17) is 10.2 Å². The van der Waals surface area contributed by atoms with E-state index >= 15 is 0 Å². The Morgan fingerprint density at radius 3 is 2.50 bits per heavy atom. The van der Waals surface area contributed by atoms with E-state index in [0.29, 0.717) is 12.8 Å². The van der Waals surface area contributed by atoms with Gasteiger partial charge in [0.1, 0.15) is 0 Å².